The Bertz CT molecular complexity index is 1310. The van der Waals surface area contributed by atoms with E-state index in [1.807, 2.05) is 6.07 Å². The van der Waals surface area contributed by atoms with Crippen LogP contribution in [-0.4, -0.2) is 35.8 Å². The van der Waals surface area contributed by atoms with Crippen LogP contribution in [0.15, 0.2) is 15.7 Å². The third-order valence-corrected chi connectivity index (χ3v) is 8.05. The maximum atomic E-state index is 15.9. The second kappa shape index (κ2) is 7.91. The van der Waals surface area contributed by atoms with Gasteiger partial charge in [0.05, 0.1) is 23.6 Å². The zero-order valence-corrected chi connectivity index (χ0v) is 18.3. The molecule has 32 heavy (non-hydrogen) atoms. The molecule has 1 fully saturated rings. The number of aryl methyl sites for hydroxylation is 1. The number of aromatic amines is 1. The van der Waals surface area contributed by atoms with Crippen LogP contribution in [0.25, 0.3) is 11.3 Å². The van der Waals surface area contributed by atoms with Gasteiger partial charge in [0, 0.05) is 21.4 Å². The average Bonchev–Trinajstić information content (AvgIpc) is 3.49. The smallest absolute Gasteiger partial charge is 0.329 e. The molecule has 3 N–H and O–H groups in total. The number of ether oxygens (including phenoxy) is 1. The van der Waals surface area contributed by atoms with E-state index in [-0.39, 0.29) is 23.1 Å². The molecule has 3 unspecified atom stereocenters. The lowest BCUT2D eigenvalue weighted by molar-refractivity contribution is 0.186. The summed E-state index contributed by atoms with van der Waals surface area (Å²) < 4.78 is 51.1. The quantitative estimate of drug-likeness (QED) is 0.699. The van der Waals surface area contributed by atoms with E-state index in [9.17, 15) is 18.4 Å². The highest BCUT2D eigenvalue weighted by molar-refractivity contribution is 7.12. The SMILES string of the molecule is COC1=c2c(c(=O)[nH]c(=O)n2C2CC2)=C(C(F)F)C(F)C1c1cc2c(s1)CCCC2CN. The van der Waals surface area contributed by atoms with Gasteiger partial charge in [-0.25, -0.2) is 18.0 Å². The van der Waals surface area contributed by atoms with Gasteiger partial charge in [-0.1, -0.05) is 0 Å². The van der Waals surface area contributed by atoms with Gasteiger partial charge in [-0.05, 0) is 56.2 Å². The molecule has 0 radical (unpaired) electrons. The van der Waals surface area contributed by atoms with E-state index in [4.69, 9.17) is 10.5 Å². The number of hydrogen-bond donors (Lipinski definition) is 2. The monoisotopic (exact) mass is 467 g/mol. The van der Waals surface area contributed by atoms with Gasteiger partial charge in [-0.15, -0.1) is 11.3 Å². The molecule has 0 saturated heterocycles. The minimum atomic E-state index is -3.19. The van der Waals surface area contributed by atoms with Crippen molar-refractivity contribution >= 4 is 22.7 Å². The Hall–Kier alpha value is -2.33. The first-order chi connectivity index (χ1) is 15.4. The van der Waals surface area contributed by atoms with E-state index in [1.54, 1.807) is 0 Å². The molecule has 10 heteroatoms. The van der Waals surface area contributed by atoms with E-state index in [1.165, 1.54) is 23.0 Å². The number of thiophene rings is 1. The summed E-state index contributed by atoms with van der Waals surface area (Å²) in [5.74, 6) is -0.957. The Morgan fingerprint density at radius 2 is 2.06 bits per heavy atom. The lowest BCUT2D eigenvalue weighted by Gasteiger charge is -2.28. The molecule has 2 aromatic heterocycles. The number of hydrogen-bond acceptors (Lipinski definition) is 5. The van der Waals surface area contributed by atoms with Crippen molar-refractivity contribution in [2.75, 3.05) is 13.7 Å². The van der Waals surface area contributed by atoms with Crippen LogP contribution in [0.1, 0.15) is 58.9 Å². The van der Waals surface area contributed by atoms with Crippen molar-refractivity contribution in [2.24, 2.45) is 5.73 Å². The molecule has 5 rings (SSSR count). The van der Waals surface area contributed by atoms with Gasteiger partial charge in [0.1, 0.15) is 11.9 Å². The van der Waals surface area contributed by atoms with Crippen molar-refractivity contribution in [3.63, 3.8) is 0 Å². The number of alkyl halides is 3. The minimum Gasteiger partial charge on any atom is -0.498 e. The van der Waals surface area contributed by atoms with Crippen LogP contribution in [0.3, 0.4) is 0 Å². The maximum Gasteiger partial charge on any atom is 0.329 e. The summed E-state index contributed by atoms with van der Waals surface area (Å²) in [5, 5.41) is -0.493. The van der Waals surface area contributed by atoms with Gasteiger partial charge in [0.25, 0.3) is 12.0 Å². The Morgan fingerprint density at radius 1 is 1.31 bits per heavy atom. The number of fused-ring (bicyclic) bond motifs is 2. The Morgan fingerprint density at radius 3 is 2.69 bits per heavy atom. The molecular weight excluding hydrogens is 443 g/mol. The summed E-state index contributed by atoms with van der Waals surface area (Å²) in [6.45, 7) is 0.460. The molecule has 2 heterocycles. The Balaban J connectivity index is 1.85. The van der Waals surface area contributed by atoms with E-state index in [0.717, 1.165) is 29.7 Å². The largest absolute Gasteiger partial charge is 0.498 e. The standard InChI is InChI=1S/C22H24F3N3O3S/c1-31-19-14(13-7-11-9(8-26)3-2-4-12(11)32-13)17(23)15(20(24)25)16-18(19)28(10-5-6-10)22(30)27-21(16)29/h7,9-10,14,17,20H,2-6,8,26H2,1H3,(H,27,29,30). The minimum absolute atomic E-state index is 0.0142. The third kappa shape index (κ3) is 3.18. The molecule has 1 saturated carbocycles. The van der Waals surface area contributed by atoms with E-state index >= 15 is 4.39 Å². The first kappa shape index (κ1) is 21.5. The van der Waals surface area contributed by atoms with Gasteiger partial charge in [-0.3, -0.25) is 14.3 Å². The van der Waals surface area contributed by atoms with E-state index < -0.39 is 40.6 Å². The number of aromatic nitrogens is 2. The molecule has 172 valence electrons. The van der Waals surface area contributed by atoms with Gasteiger partial charge < -0.3 is 10.5 Å². The number of nitrogens with zero attached hydrogens (tertiary/aromatic N) is 1. The number of rotatable bonds is 5. The van der Waals surface area contributed by atoms with Crippen LogP contribution in [0.4, 0.5) is 13.2 Å². The topological polar surface area (TPSA) is 90.1 Å². The molecule has 2 aromatic rings. The summed E-state index contributed by atoms with van der Waals surface area (Å²) in [4.78, 5) is 29.0. The summed E-state index contributed by atoms with van der Waals surface area (Å²) in [6, 6.07) is 1.63. The predicted octanol–water partition coefficient (Wildman–Crippen LogP) is 1.62. The van der Waals surface area contributed by atoms with Crippen LogP contribution in [0, 0.1) is 0 Å². The average molecular weight is 468 g/mol. The van der Waals surface area contributed by atoms with Gasteiger partial charge >= 0.3 is 5.69 Å². The highest BCUT2D eigenvalue weighted by atomic mass is 32.1. The van der Waals surface area contributed by atoms with Gasteiger partial charge in [0.15, 0.2) is 0 Å². The van der Waals surface area contributed by atoms with Crippen molar-refractivity contribution in [1.82, 2.24) is 9.55 Å². The molecule has 3 aliphatic carbocycles. The van der Waals surface area contributed by atoms with Crippen LogP contribution in [0.5, 0.6) is 0 Å². The number of nitrogens with two attached hydrogens (primary N) is 1. The molecule has 0 amide bonds. The molecule has 3 aliphatic rings. The normalized spacial score (nSPS) is 25.1. The molecule has 0 aliphatic heterocycles. The van der Waals surface area contributed by atoms with Crippen LogP contribution in [0.2, 0.25) is 0 Å². The maximum absolute atomic E-state index is 15.9. The lowest BCUT2D eigenvalue weighted by Crippen LogP contribution is -2.59. The third-order valence-electron chi connectivity index (χ3n) is 6.75. The van der Waals surface area contributed by atoms with E-state index in [2.05, 4.69) is 4.98 Å². The fourth-order valence-corrected chi connectivity index (χ4v) is 6.55. The second-order valence-electron chi connectivity index (χ2n) is 8.64. The lowest BCUT2D eigenvalue weighted by atomic mass is 9.84. The fraction of sp³-hybridized carbons (Fsp3) is 0.545. The predicted molar refractivity (Wildman–Crippen MR) is 115 cm³/mol. The summed E-state index contributed by atoms with van der Waals surface area (Å²) in [6.07, 6.45) is -1.27. The number of halogens is 3. The first-order valence-electron chi connectivity index (χ1n) is 10.8. The first-order valence-corrected chi connectivity index (χ1v) is 11.6. The van der Waals surface area contributed by atoms with Crippen molar-refractivity contribution in [3.05, 3.63) is 52.8 Å². The fourth-order valence-electron chi connectivity index (χ4n) is 5.13. The number of H-pyrrole nitrogens is 1. The summed E-state index contributed by atoms with van der Waals surface area (Å²) in [5.41, 5.74) is 4.38. The van der Waals surface area contributed by atoms with Crippen molar-refractivity contribution in [3.8, 4) is 0 Å². The van der Waals surface area contributed by atoms with Crippen LogP contribution in [-0.2, 0) is 11.2 Å². The van der Waals surface area contributed by atoms with Gasteiger partial charge in [-0.2, -0.15) is 0 Å². The highest BCUT2D eigenvalue weighted by Crippen LogP contribution is 2.45. The van der Waals surface area contributed by atoms with Crippen molar-refractivity contribution in [2.45, 2.75) is 62.6 Å². The Kier molecular flexibility index (Phi) is 5.32. The van der Waals surface area contributed by atoms with Crippen molar-refractivity contribution in [1.29, 1.82) is 0 Å². The molecule has 0 spiro atoms. The molecule has 0 aromatic carbocycles. The molecular formula is C22H24F3N3O3S. The Labute approximate surface area is 185 Å². The zero-order chi connectivity index (χ0) is 22.7. The second-order valence-corrected chi connectivity index (χ2v) is 9.81. The summed E-state index contributed by atoms with van der Waals surface area (Å²) >= 11 is 1.38. The summed E-state index contributed by atoms with van der Waals surface area (Å²) in [7, 11) is 1.32. The van der Waals surface area contributed by atoms with E-state index in [0.29, 0.717) is 24.3 Å². The highest BCUT2D eigenvalue weighted by Gasteiger charge is 2.43. The number of nitrogens with one attached hydrogen (secondary N) is 1. The van der Waals surface area contributed by atoms with Crippen LogP contribution < -0.4 is 27.6 Å². The van der Waals surface area contributed by atoms with Crippen molar-refractivity contribution < 1.29 is 17.9 Å². The molecule has 6 nitrogen and oxygen atoms in total. The van der Waals surface area contributed by atoms with Crippen LogP contribution >= 0.6 is 11.3 Å². The molecule has 3 atom stereocenters. The molecule has 0 bridgehead atoms. The number of methoxy groups -OCH3 is 1. The van der Waals surface area contributed by atoms with Gasteiger partial charge in [0.2, 0.25) is 0 Å². The zero-order valence-electron chi connectivity index (χ0n) is 17.5.